The van der Waals surface area contributed by atoms with Crippen molar-refractivity contribution in [3.05, 3.63) is 112 Å². The van der Waals surface area contributed by atoms with Gasteiger partial charge in [-0.15, -0.1) is 0 Å². The highest BCUT2D eigenvalue weighted by Gasteiger charge is 2.56. The van der Waals surface area contributed by atoms with E-state index in [1.54, 1.807) is 45.4 Å². The Balaban J connectivity index is 1.21. The number of ketones is 2. The molecule has 7 rings (SSSR count). The molecule has 1 aliphatic heterocycles. The summed E-state index contributed by atoms with van der Waals surface area (Å²) in [5.41, 5.74) is 4.81. The van der Waals surface area contributed by atoms with E-state index in [4.69, 9.17) is 14.2 Å². The Morgan fingerprint density at radius 1 is 0.880 bits per heavy atom. The number of amides is 2. The summed E-state index contributed by atoms with van der Waals surface area (Å²) < 4.78 is 16.5. The number of phenolic OH excluding ortho intramolecular Hbond substituents is 1. The monoisotopic (exact) mass is 671 g/mol. The van der Waals surface area contributed by atoms with Crippen LogP contribution >= 0.6 is 0 Å². The molecule has 0 aromatic heterocycles. The summed E-state index contributed by atoms with van der Waals surface area (Å²) in [6.07, 6.45) is 7.68. The molecule has 9 nitrogen and oxygen atoms in total. The van der Waals surface area contributed by atoms with Crippen LogP contribution in [0.5, 0.6) is 23.0 Å². The predicted octanol–water partition coefficient (Wildman–Crippen LogP) is 6.61. The first-order valence-electron chi connectivity index (χ1n) is 16.7. The lowest BCUT2D eigenvalue weighted by molar-refractivity contribution is -0.123. The number of anilines is 1. The van der Waals surface area contributed by atoms with Crippen molar-refractivity contribution in [1.82, 2.24) is 0 Å². The van der Waals surface area contributed by atoms with Crippen molar-refractivity contribution in [1.29, 1.82) is 0 Å². The van der Waals surface area contributed by atoms with E-state index in [-0.39, 0.29) is 41.3 Å². The molecule has 254 valence electrons. The van der Waals surface area contributed by atoms with Gasteiger partial charge in [-0.3, -0.25) is 24.1 Å². The van der Waals surface area contributed by atoms with Gasteiger partial charge in [0.05, 0.1) is 38.3 Å². The lowest BCUT2D eigenvalue weighted by Gasteiger charge is -2.42. The van der Waals surface area contributed by atoms with Crippen molar-refractivity contribution < 1.29 is 38.5 Å². The lowest BCUT2D eigenvalue weighted by Crippen LogP contribution is -2.39. The van der Waals surface area contributed by atoms with E-state index in [0.29, 0.717) is 52.5 Å². The first-order valence-corrected chi connectivity index (χ1v) is 16.7. The number of Topliss-reactive ketones (excluding diaryl/α,β-unsaturated/α-hetero) is 1. The number of fused-ring (bicyclic) bond motifs is 3. The molecule has 3 aliphatic carbocycles. The molecule has 50 heavy (non-hydrogen) atoms. The van der Waals surface area contributed by atoms with Crippen LogP contribution in [0.4, 0.5) is 5.69 Å². The number of allylic oxidation sites excluding steroid dienone is 6. The van der Waals surface area contributed by atoms with E-state index >= 15 is 0 Å². The third kappa shape index (κ3) is 5.43. The maximum absolute atomic E-state index is 14.3. The third-order valence-electron chi connectivity index (χ3n) is 10.2. The molecule has 1 heterocycles. The van der Waals surface area contributed by atoms with Crippen LogP contribution in [0.2, 0.25) is 0 Å². The maximum atomic E-state index is 14.3. The molecular weight excluding hydrogens is 634 g/mol. The number of methoxy groups -OCH3 is 2. The van der Waals surface area contributed by atoms with Crippen LogP contribution in [0.1, 0.15) is 49.3 Å². The Bertz CT molecular complexity index is 2070. The zero-order valence-corrected chi connectivity index (χ0v) is 28.3. The van der Waals surface area contributed by atoms with Gasteiger partial charge in [0.2, 0.25) is 11.8 Å². The van der Waals surface area contributed by atoms with E-state index in [1.165, 1.54) is 17.0 Å². The number of nitrogens with zero attached hydrogens (tertiary/aromatic N) is 1. The smallest absolute Gasteiger partial charge is 0.238 e. The highest BCUT2D eigenvalue weighted by atomic mass is 16.5. The highest BCUT2D eigenvalue weighted by Crippen LogP contribution is 2.56. The second-order valence-electron chi connectivity index (χ2n) is 12.9. The summed E-state index contributed by atoms with van der Waals surface area (Å²) in [5.74, 6) is -1.82. The van der Waals surface area contributed by atoms with Crippen LogP contribution in [0.25, 0.3) is 12.2 Å². The Hall–Kier alpha value is -5.70. The van der Waals surface area contributed by atoms with E-state index in [1.807, 2.05) is 55.5 Å². The van der Waals surface area contributed by atoms with Crippen LogP contribution in [0.15, 0.2) is 95.1 Å². The third-order valence-corrected chi connectivity index (χ3v) is 10.2. The molecular formula is C41H37NO8. The summed E-state index contributed by atoms with van der Waals surface area (Å²) in [5, 5.41) is 10.4. The molecule has 9 heteroatoms. The van der Waals surface area contributed by atoms with E-state index in [2.05, 4.69) is 0 Å². The fraction of sp³-hybridized carbons (Fsp3) is 0.268. The Labute approximate surface area is 290 Å². The van der Waals surface area contributed by atoms with Gasteiger partial charge in [0, 0.05) is 28.2 Å². The highest BCUT2D eigenvalue weighted by molar-refractivity contribution is 6.25. The van der Waals surface area contributed by atoms with Gasteiger partial charge in [-0.05, 0) is 92.3 Å². The predicted molar refractivity (Wildman–Crippen MR) is 188 cm³/mol. The van der Waals surface area contributed by atoms with E-state index in [0.717, 1.165) is 16.7 Å². The molecule has 3 aromatic rings. The number of carbonyl (C=O) groups excluding carboxylic acids is 4. The molecule has 4 unspecified atom stereocenters. The van der Waals surface area contributed by atoms with Crippen LogP contribution in [-0.2, 0) is 19.2 Å². The van der Waals surface area contributed by atoms with Gasteiger partial charge in [0.1, 0.15) is 11.5 Å². The van der Waals surface area contributed by atoms with Crippen molar-refractivity contribution in [2.24, 2.45) is 17.8 Å². The fourth-order valence-electron chi connectivity index (χ4n) is 7.87. The van der Waals surface area contributed by atoms with E-state index in [9.17, 15) is 24.3 Å². The minimum atomic E-state index is -0.697. The average molecular weight is 672 g/mol. The quantitative estimate of drug-likeness (QED) is 0.123. The first-order chi connectivity index (χ1) is 24.1. The van der Waals surface area contributed by atoms with Gasteiger partial charge in [-0.2, -0.15) is 0 Å². The van der Waals surface area contributed by atoms with Gasteiger partial charge in [-0.1, -0.05) is 42.0 Å². The maximum Gasteiger partial charge on any atom is 0.238 e. The van der Waals surface area contributed by atoms with Crippen LogP contribution in [-0.4, -0.2) is 49.3 Å². The van der Waals surface area contributed by atoms with Crippen molar-refractivity contribution >= 4 is 41.2 Å². The number of carbonyl (C=O) groups is 4. The standard InChI is InChI=1S/C41H37NO8/c1-5-50-35-20-25(10-16-32(35)43)36-28-14-15-29-37(30(28)21-31-33(44)18-22(2)39(45)38(31)36)41(47)42(40(29)46)26-11-7-23(8-12-26)6-9-24-19-27(48-3)13-17-34(24)49-4/h6-14,16-20,29-30,36-37,43H,5,15,21H2,1-4H3. The zero-order chi connectivity index (χ0) is 35.3. The van der Waals surface area contributed by atoms with E-state index < -0.39 is 23.7 Å². The van der Waals surface area contributed by atoms with Crippen molar-refractivity contribution in [3.8, 4) is 23.0 Å². The Morgan fingerprint density at radius 3 is 2.38 bits per heavy atom. The lowest BCUT2D eigenvalue weighted by atomic mass is 9.59. The van der Waals surface area contributed by atoms with Gasteiger partial charge < -0.3 is 19.3 Å². The van der Waals surface area contributed by atoms with Crippen LogP contribution in [0.3, 0.4) is 0 Å². The minimum absolute atomic E-state index is 0.0364. The summed E-state index contributed by atoms with van der Waals surface area (Å²) in [6, 6.07) is 17.7. The molecule has 0 spiro atoms. The minimum Gasteiger partial charge on any atom is -0.504 e. The largest absolute Gasteiger partial charge is 0.504 e. The van der Waals surface area contributed by atoms with Gasteiger partial charge in [-0.25, -0.2) is 0 Å². The molecule has 3 aromatic carbocycles. The molecule has 1 fully saturated rings. The fourth-order valence-corrected chi connectivity index (χ4v) is 7.87. The average Bonchev–Trinajstić information content (AvgIpc) is 3.39. The Morgan fingerprint density at radius 2 is 1.66 bits per heavy atom. The second kappa shape index (κ2) is 13.0. The number of ether oxygens (including phenoxy) is 3. The Kier molecular flexibility index (Phi) is 8.51. The summed E-state index contributed by atoms with van der Waals surface area (Å²) >= 11 is 0. The molecule has 2 amide bonds. The molecule has 0 saturated carbocycles. The molecule has 4 atom stereocenters. The second-order valence-corrected chi connectivity index (χ2v) is 12.9. The van der Waals surface area contributed by atoms with Crippen molar-refractivity contribution in [2.75, 3.05) is 25.7 Å². The number of aromatic hydroxyl groups is 1. The summed E-state index contributed by atoms with van der Waals surface area (Å²) in [7, 11) is 3.21. The number of hydrogen-bond donors (Lipinski definition) is 1. The molecule has 0 radical (unpaired) electrons. The normalized spacial score (nSPS) is 23.0. The zero-order valence-electron chi connectivity index (χ0n) is 28.3. The number of phenols is 1. The number of hydrogen-bond acceptors (Lipinski definition) is 8. The van der Waals surface area contributed by atoms with Crippen molar-refractivity contribution in [2.45, 2.75) is 32.6 Å². The number of rotatable bonds is 8. The topological polar surface area (TPSA) is 119 Å². The molecule has 1 saturated heterocycles. The number of benzene rings is 3. The summed E-state index contributed by atoms with van der Waals surface area (Å²) in [6.45, 7) is 3.77. The van der Waals surface area contributed by atoms with Crippen LogP contribution in [0, 0.1) is 17.8 Å². The van der Waals surface area contributed by atoms with Gasteiger partial charge in [0.15, 0.2) is 23.1 Å². The van der Waals surface area contributed by atoms with Gasteiger partial charge >= 0.3 is 0 Å². The van der Waals surface area contributed by atoms with Crippen LogP contribution < -0.4 is 19.1 Å². The summed E-state index contributed by atoms with van der Waals surface area (Å²) in [4.78, 5) is 56.7. The molecule has 1 N–H and O–H groups in total. The van der Waals surface area contributed by atoms with Gasteiger partial charge in [0.25, 0.3) is 0 Å². The SMILES string of the molecule is CCOc1cc(C2C3=CCC4C(=O)N(c5ccc(C=Cc6cc(OC)ccc6OC)cc5)C(=O)C4C3CC3=C2C(=O)C(C)=CC3=O)ccc1O. The first kappa shape index (κ1) is 32.8. The molecule has 0 bridgehead atoms. The van der Waals surface area contributed by atoms with Crippen molar-refractivity contribution in [3.63, 3.8) is 0 Å². The number of imide groups is 1. The molecule has 4 aliphatic rings.